The normalized spacial score (nSPS) is 10.6. The number of nitrogens with one attached hydrogen (secondary N) is 2. The number of urea groups is 1. The van der Waals surface area contributed by atoms with Crippen molar-refractivity contribution in [1.29, 1.82) is 0 Å². The summed E-state index contributed by atoms with van der Waals surface area (Å²) in [5, 5.41) is 4.78. The molecule has 0 heterocycles. The Kier molecular flexibility index (Phi) is 6.21. The number of benzene rings is 1. The minimum atomic E-state index is -0.681. The van der Waals surface area contributed by atoms with E-state index in [2.05, 4.69) is 10.6 Å². The fraction of sp³-hybridized carbons (Fsp3) is 0.462. The Hall–Kier alpha value is -1.69. The van der Waals surface area contributed by atoms with Crippen LogP contribution in [0.5, 0.6) is 0 Å². The molecule has 1 aromatic carbocycles. The lowest BCUT2D eigenvalue weighted by atomic mass is 10.3. The first-order chi connectivity index (χ1) is 8.99. The standard InChI is InChI=1S/C13H18F2N2O2/c1-9(2)19-7-3-6-16-13(18)17-12-8-10(14)4-5-11(12)15/h4-5,8-9H,3,6-7H2,1-2H3,(H2,16,17,18). The van der Waals surface area contributed by atoms with Gasteiger partial charge in [0, 0.05) is 19.2 Å². The highest BCUT2D eigenvalue weighted by Crippen LogP contribution is 2.14. The number of anilines is 1. The molecule has 0 aliphatic carbocycles. The largest absolute Gasteiger partial charge is 0.379 e. The van der Waals surface area contributed by atoms with Gasteiger partial charge in [0.25, 0.3) is 0 Å². The molecule has 0 radical (unpaired) electrons. The molecule has 0 atom stereocenters. The highest BCUT2D eigenvalue weighted by molar-refractivity contribution is 5.89. The van der Waals surface area contributed by atoms with E-state index in [-0.39, 0.29) is 11.8 Å². The fourth-order valence-corrected chi connectivity index (χ4v) is 1.35. The van der Waals surface area contributed by atoms with Gasteiger partial charge in [0.1, 0.15) is 11.6 Å². The highest BCUT2D eigenvalue weighted by atomic mass is 19.1. The molecule has 2 N–H and O–H groups in total. The highest BCUT2D eigenvalue weighted by Gasteiger charge is 2.07. The van der Waals surface area contributed by atoms with Crippen molar-refractivity contribution in [2.45, 2.75) is 26.4 Å². The lowest BCUT2D eigenvalue weighted by Crippen LogP contribution is -2.30. The van der Waals surface area contributed by atoms with Gasteiger partial charge in [0.2, 0.25) is 0 Å². The predicted octanol–water partition coefficient (Wildman–Crippen LogP) is 2.90. The number of rotatable bonds is 6. The Morgan fingerprint density at radius 3 is 2.79 bits per heavy atom. The molecule has 0 unspecified atom stereocenters. The van der Waals surface area contributed by atoms with Crippen molar-refractivity contribution >= 4 is 11.7 Å². The van der Waals surface area contributed by atoms with Crippen LogP contribution in [-0.4, -0.2) is 25.3 Å². The molecule has 0 aliphatic heterocycles. The van der Waals surface area contributed by atoms with E-state index in [0.29, 0.717) is 19.6 Å². The number of carbonyl (C=O) groups excluding carboxylic acids is 1. The summed E-state index contributed by atoms with van der Waals surface area (Å²) in [4.78, 5) is 11.4. The lowest BCUT2D eigenvalue weighted by molar-refractivity contribution is 0.0775. The van der Waals surface area contributed by atoms with E-state index in [9.17, 15) is 13.6 Å². The van der Waals surface area contributed by atoms with Crippen molar-refractivity contribution in [2.75, 3.05) is 18.5 Å². The molecule has 1 rings (SSSR count). The van der Waals surface area contributed by atoms with Crippen molar-refractivity contribution in [3.05, 3.63) is 29.8 Å². The number of amides is 2. The number of hydrogen-bond donors (Lipinski definition) is 2. The van der Waals surface area contributed by atoms with Gasteiger partial charge in [-0.3, -0.25) is 0 Å². The molecule has 0 spiro atoms. The van der Waals surface area contributed by atoms with Crippen LogP contribution in [0.25, 0.3) is 0 Å². The van der Waals surface area contributed by atoms with Gasteiger partial charge in [-0.25, -0.2) is 13.6 Å². The SMILES string of the molecule is CC(C)OCCCNC(=O)Nc1cc(F)ccc1F. The van der Waals surface area contributed by atoms with E-state index in [1.54, 1.807) is 0 Å². The summed E-state index contributed by atoms with van der Waals surface area (Å²) in [7, 11) is 0. The topological polar surface area (TPSA) is 50.4 Å². The number of ether oxygens (including phenoxy) is 1. The van der Waals surface area contributed by atoms with Crippen LogP contribution in [0.1, 0.15) is 20.3 Å². The summed E-state index contributed by atoms with van der Waals surface area (Å²) in [6, 6.07) is 2.30. The molecule has 6 heteroatoms. The monoisotopic (exact) mass is 272 g/mol. The van der Waals surface area contributed by atoms with Gasteiger partial charge in [-0.2, -0.15) is 0 Å². The van der Waals surface area contributed by atoms with Crippen LogP contribution in [-0.2, 0) is 4.74 Å². The first-order valence-corrected chi connectivity index (χ1v) is 6.10. The fourth-order valence-electron chi connectivity index (χ4n) is 1.35. The second-order valence-electron chi connectivity index (χ2n) is 4.28. The summed E-state index contributed by atoms with van der Waals surface area (Å²) in [5.41, 5.74) is -0.184. The number of carbonyl (C=O) groups is 1. The van der Waals surface area contributed by atoms with Crippen molar-refractivity contribution in [1.82, 2.24) is 5.32 Å². The van der Waals surface area contributed by atoms with Crippen LogP contribution in [0, 0.1) is 11.6 Å². The van der Waals surface area contributed by atoms with E-state index in [1.807, 2.05) is 13.8 Å². The lowest BCUT2D eigenvalue weighted by Gasteiger charge is -2.09. The molecule has 0 saturated heterocycles. The van der Waals surface area contributed by atoms with E-state index in [1.165, 1.54) is 0 Å². The van der Waals surface area contributed by atoms with Crippen LogP contribution in [0.3, 0.4) is 0 Å². The van der Waals surface area contributed by atoms with Crippen molar-refractivity contribution in [3.8, 4) is 0 Å². The van der Waals surface area contributed by atoms with Gasteiger partial charge >= 0.3 is 6.03 Å². The summed E-state index contributed by atoms with van der Waals surface area (Å²) in [6.45, 7) is 4.78. The zero-order valence-corrected chi connectivity index (χ0v) is 11.0. The third-order valence-electron chi connectivity index (χ3n) is 2.23. The third kappa shape index (κ3) is 6.15. The van der Waals surface area contributed by atoms with Gasteiger partial charge < -0.3 is 15.4 Å². The summed E-state index contributed by atoms with van der Waals surface area (Å²) >= 11 is 0. The molecule has 1 aromatic rings. The zero-order valence-electron chi connectivity index (χ0n) is 11.0. The van der Waals surface area contributed by atoms with Gasteiger partial charge in [0.15, 0.2) is 0 Å². The molecular formula is C13H18F2N2O2. The molecule has 0 fully saturated rings. The minimum absolute atomic E-state index is 0.148. The maximum Gasteiger partial charge on any atom is 0.319 e. The van der Waals surface area contributed by atoms with Crippen LogP contribution in [0.15, 0.2) is 18.2 Å². The maximum absolute atomic E-state index is 13.2. The number of halogens is 2. The summed E-state index contributed by atoms with van der Waals surface area (Å²) in [6.07, 6.45) is 0.798. The molecule has 0 saturated carbocycles. The first kappa shape index (κ1) is 15.4. The average molecular weight is 272 g/mol. The van der Waals surface area contributed by atoms with E-state index < -0.39 is 17.7 Å². The van der Waals surface area contributed by atoms with Crippen LogP contribution < -0.4 is 10.6 Å². The molecule has 2 amide bonds. The van der Waals surface area contributed by atoms with E-state index in [4.69, 9.17) is 4.74 Å². The van der Waals surface area contributed by atoms with Crippen LogP contribution in [0.4, 0.5) is 19.3 Å². The summed E-state index contributed by atoms with van der Waals surface area (Å²) in [5.74, 6) is -1.29. The Morgan fingerprint density at radius 1 is 1.37 bits per heavy atom. The number of hydrogen-bond acceptors (Lipinski definition) is 2. The molecule has 0 aliphatic rings. The predicted molar refractivity (Wildman–Crippen MR) is 69.1 cm³/mol. The second kappa shape index (κ2) is 7.68. The van der Waals surface area contributed by atoms with Gasteiger partial charge in [-0.05, 0) is 32.4 Å². The Bertz CT molecular complexity index is 425. The van der Waals surface area contributed by atoms with E-state index in [0.717, 1.165) is 18.2 Å². The smallest absolute Gasteiger partial charge is 0.319 e. The minimum Gasteiger partial charge on any atom is -0.379 e. The molecule has 19 heavy (non-hydrogen) atoms. The Balaban J connectivity index is 2.29. The summed E-state index contributed by atoms with van der Waals surface area (Å²) < 4.78 is 31.4. The van der Waals surface area contributed by atoms with Crippen LogP contribution >= 0.6 is 0 Å². The second-order valence-corrected chi connectivity index (χ2v) is 4.28. The Labute approximate surface area is 111 Å². The molecule has 0 aromatic heterocycles. The molecule has 4 nitrogen and oxygen atoms in total. The zero-order chi connectivity index (χ0) is 14.3. The average Bonchev–Trinajstić information content (AvgIpc) is 2.33. The molecular weight excluding hydrogens is 254 g/mol. The van der Waals surface area contributed by atoms with Crippen molar-refractivity contribution in [3.63, 3.8) is 0 Å². The first-order valence-electron chi connectivity index (χ1n) is 6.10. The van der Waals surface area contributed by atoms with Crippen LogP contribution in [0.2, 0.25) is 0 Å². The molecule has 106 valence electrons. The van der Waals surface area contributed by atoms with Gasteiger partial charge in [-0.15, -0.1) is 0 Å². The van der Waals surface area contributed by atoms with Gasteiger partial charge in [0.05, 0.1) is 11.8 Å². The third-order valence-corrected chi connectivity index (χ3v) is 2.23. The van der Waals surface area contributed by atoms with Crippen molar-refractivity contribution < 1.29 is 18.3 Å². The Morgan fingerprint density at radius 2 is 2.11 bits per heavy atom. The van der Waals surface area contributed by atoms with Gasteiger partial charge in [-0.1, -0.05) is 0 Å². The van der Waals surface area contributed by atoms with E-state index >= 15 is 0 Å². The van der Waals surface area contributed by atoms with Crippen molar-refractivity contribution in [2.24, 2.45) is 0 Å². The quantitative estimate of drug-likeness (QED) is 0.782. The molecule has 0 bridgehead atoms. The maximum atomic E-state index is 13.2.